The minimum atomic E-state index is 0.198. The maximum absolute atomic E-state index is 9.57. The molecular formula is C18H18N2O2. The van der Waals surface area contributed by atoms with Gasteiger partial charge in [-0.2, -0.15) is 0 Å². The van der Waals surface area contributed by atoms with Gasteiger partial charge in [-0.05, 0) is 48.8 Å². The molecule has 1 N–H and O–H groups in total. The van der Waals surface area contributed by atoms with E-state index in [2.05, 4.69) is 16.1 Å². The smallest absolute Gasteiger partial charge is 0.129 e. The number of hydrogen-bond donors (Lipinski definition) is 1. The lowest BCUT2D eigenvalue weighted by Gasteiger charge is -2.17. The Hall–Kier alpha value is -2.62. The highest BCUT2D eigenvalue weighted by molar-refractivity contribution is 6.15. The lowest BCUT2D eigenvalue weighted by atomic mass is 9.94. The Balaban J connectivity index is 2.02. The van der Waals surface area contributed by atoms with Crippen LogP contribution in [0, 0.1) is 0 Å². The van der Waals surface area contributed by atoms with E-state index in [1.54, 1.807) is 25.4 Å². The molecule has 0 unspecified atom stereocenters. The average molecular weight is 294 g/mol. The van der Waals surface area contributed by atoms with Gasteiger partial charge in [0, 0.05) is 36.1 Å². The number of rotatable bonds is 3. The van der Waals surface area contributed by atoms with Gasteiger partial charge in [0.15, 0.2) is 0 Å². The molecule has 1 aliphatic rings. The van der Waals surface area contributed by atoms with Gasteiger partial charge in [0.1, 0.15) is 11.5 Å². The maximum Gasteiger partial charge on any atom is 0.129 e. The first-order valence-corrected chi connectivity index (χ1v) is 7.31. The fourth-order valence-corrected chi connectivity index (χ4v) is 2.61. The van der Waals surface area contributed by atoms with Gasteiger partial charge in [-0.15, -0.1) is 0 Å². The van der Waals surface area contributed by atoms with E-state index in [0.717, 1.165) is 36.2 Å². The molecule has 0 radical (unpaired) electrons. The van der Waals surface area contributed by atoms with Crippen LogP contribution in [0.5, 0.6) is 11.5 Å². The molecule has 0 spiro atoms. The van der Waals surface area contributed by atoms with Crippen LogP contribution < -0.4 is 4.74 Å². The second-order valence-electron chi connectivity index (χ2n) is 5.17. The fourth-order valence-electron chi connectivity index (χ4n) is 2.61. The van der Waals surface area contributed by atoms with Crippen LogP contribution in [-0.2, 0) is 0 Å². The van der Waals surface area contributed by atoms with Gasteiger partial charge in [0.2, 0.25) is 0 Å². The molecule has 2 aromatic rings. The normalized spacial score (nSPS) is 16.4. The zero-order valence-corrected chi connectivity index (χ0v) is 12.5. The van der Waals surface area contributed by atoms with E-state index in [-0.39, 0.29) is 5.75 Å². The van der Waals surface area contributed by atoms with E-state index in [1.807, 2.05) is 24.4 Å². The number of ether oxygens (including phenoxy) is 1. The molecule has 4 heteroatoms. The molecule has 3 rings (SSSR count). The van der Waals surface area contributed by atoms with E-state index < -0.39 is 0 Å². The first-order valence-electron chi connectivity index (χ1n) is 7.31. The summed E-state index contributed by atoms with van der Waals surface area (Å²) in [6, 6.07) is 9.09. The summed E-state index contributed by atoms with van der Waals surface area (Å²) in [7, 11) is 1.60. The van der Waals surface area contributed by atoms with Crippen LogP contribution in [0.3, 0.4) is 0 Å². The van der Waals surface area contributed by atoms with E-state index in [9.17, 15) is 5.11 Å². The monoisotopic (exact) mass is 294 g/mol. The summed E-state index contributed by atoms with van der Waals surface area (Å²) < 4.78 is 5.35. The van der Waals surface area contributed by atoms with Crippen LogP contribution in [0.15, 0.2) is 53.3 Å². The van der Waals surface area contributed by atoms with Gasteiger partial charge < -0.3 is 9.84 Å². The van der Waals surface area contributed by atoms with Crippen molar-refractivity contribution in [3.63, 3.8) is 0 Å². The van der Waals surface area contributed by atoms with Gasteiger partial charge in [-0.25, -0.2) is 0 Å². The van der Waals surface area contributed by atoms with Gasteiger partial charge in [0.05, 0.1) is 12.8 Å². The molecule has 0 saturated heterocycles. The molecule has 0 bridgehead atoms. The summed E-state index contributed by atoms with van der Waals surface area (Å²) in [6.45, 7) is 0.842. The molecule has 112 valence electrons. The number of aromatic hydroxyl groups is 1. The lowest BCUT2D eigenvalue weighted by Crippen LogP contribution is -2.12. The molecule has 0 atom stereocenters. The molecule has 4 nitrogen and oxygen atoms in total. The highest BCUT2D eigenvalue weighted by Gasteiger charge is 2.15. The molecule has 0 fully saturated rings. The Labute approximate surface area is 129 Å². The van der Waals surface area contributed by atoms with Crippen molar-refractivity contribution in [1.29, 1.82) is 0 Å². The molecule has 1 aromatic heterocycles. The number of phenols is 1. The lowest BCUT2D eigenvalue weighted by molar-refractivity contribution is 0.406. The van der Waals surface area contributed by atoms with Crippen LogP contribution in [-0.4, -0.2) is 29.5 Å². The molecular weight excluding hydrogens is 276 g/mol. The largest absolute Gasteiger partial charge is 0.508 e. The molecule has 1 aromatic carbocycles. The standard InChI is InChI=1S/C18H18N2O2/c1-22-17-11-16(21)7-6-13(17)10-14-4-3-9-20-18(14)15-5-2-8-19-12-15/h2,5-8,10-12,21H,3-4,9H2,1H3/b14-10+. The van der Waals surface area contributed by atoms with Crippen molar-refractivity contribution in [2.24, 2.45) is 4.99 Å². The third-order valence-electron chi connectivity index (χ3n) is 3.66. The topological polar surface area (TPSA) is 54.7 Å². The summed E-state index contributed by atoms with van der Waals surface area (Å²) >= 11 is 0. The minimum absolute atomic E-state index is 0.198. The van der Waals surface area contributed by atoms with E-state index in [1.165, 1.54) is 5.57 Å². The predicted octanol–water partition coefficient (Wildman–Crippen LogP) is 3.46. The number of aliphatic imine (C=N–C) groups is 1. The van der Waals surface area contributed by atoms with Crippen LogP contribution in [0.1, 0.15) is 24.0 Å². The summed E-state index contributed by atoms with van der Waals surface area (Å²) in [5, 5.41) is 9.57. The van der Waals surface area contributed by atoms with Gasteiger partial charge in [-0.3, -0.25) is 9.98 Å². The molecule has 0 aliphatic carbocycles. The van der Waals surface area contributed by atoms with Gasteiger partial charge >= 0.3 is 0 Å². The first kappa shape index (κ1) is 14.3. The van der Waals surface area contributed by atoms with Crippen molar-refractivity contribution in [3.8, 4) is 11.5 Å². The van der Waals surface area contributed by atoms with Crippen molar-refractivity contribution in [2.45, 2.75) is 12.8 Å². The first-order chi connectivity index (χ1) is 10.8. The predicted molar refractivity (Wildman–Crippen MR) is 87.5 cm³/mol. The van der Waals surface area contributed by atoms with Crippen LogP contribution in [0.4, 0.5) is 0 Å². The van der Waals surface area contributed by atoms with Crippen molar-refractivity contribution >= 4 is 11.8 Å². The molecule has 22 heavy (non-hydrogen) atoms. The zero-order chi connectivity index (χ0) is 15.4. The maximum atomic E-state index is 9.57. The summed E-state index contributed by atoms with van der Waals surface area (Å²) in [6.07, 6.45) is 7.70. The number of phenolic OH excluding ortho intramolecular Hbond substituents is 1. The fraction of sp³-hybridized carbons (Fsp3) is 0.222. The Kier molecular flexibility index (Phi) is 4.19. The molecule has 0 saturated carbocycles. The Morgan fingerprint density at radius 1 is 1.27 bits per heavy atom. The van der Waals surface area contributed by atoms with Crippen LogP contribution >= 0.6 is 0 Å². The van der Waals surface area contributed by atoms with Crippen molar-refractivity contribution in [1.82, 2.24) is 4.98 Å². The quantitative estimate of drug-likeness (QED) is 0.943. The minimum Gasteiger partial charge on any atom is -0.508 e. The summed E-state index contributed by atoms with van der Waals surface area (Å²) in [5.74, 6) is 0.854. The van der Waals surface area contributed by atoms with E-state index in [4.69, 9.17) is 4.74 Å². The Morgan fingerprint density at radius 3 is 2.95 bits per heavy atom. The number of hydrogen-bond acceptors (Lipinski definition) is 4. The number of allylic oxidation sites excluding steroid dienone is 1. The third kappa shape index (κ3) is 3.01. The third-order valence-corrected chi connectivity index (χ3v) is 3.66. The van der Waals surface area contributed by atoms with Crippen molar-refractivity contribution < 1.29 is 9.84 Å². The zero-order valence-electron chi connectivity index (χ0n) is 12.5. The Morgan fingerprint density at radius 2 is 2.18 bits per heavy atom. The number of pyridine rings is 1. The highest BCUT2D eigenvalue weighted by Crippen LogP contribution is 2.28. The number of aromatic nitrogens is 1. The Bertz CT molecular complexity index is 721. The summed E-state index contributed by atoms with van der Waals surface area (Å²) in [5.41, 5.74) is 4.14. The SMILES string of the molecule is COc1cc(O)ccc1/C=C1\CCCN=C1c1cccnc1. The number of methoxy groups -OCH3 is 1. The number of nitrogens with zero attached hydrogens (tertiary/aromatic N) is 2. The van der Waals surface area contributed by atoms with E-state index in [0.29, 0.717) is 5.75 Å². The molecule has 2 heterocycles. The number of benzene rings is 1. The van der Waals surface area contributed by atoms with E-state index >= 15 is 0 Å². The summed E-state index contributed by atoms with van der Waals surface area (Å²) in [4.78, 5) is 8.85. The highest BCUT2D eigenvalue weighted by atomic mass is 16.5. The molecule has 0 amide bonds. The second-order valence-corrected chi connectivity index (χ2v) is 5.17. The van der Waals surface area contributed by atoms with Gasteiger partial charge in [0.25, 0.3) is 0 Å². The van der Waals surface area contributed by atoms with Crippen LogP contribution in [0.2, 0.25) is 0 Å². The second kappa shape index (κ2) is 6.43. The van der Waals surface area contributed by atoms with Crippen LogP contribution in [0.25, 0.3) is 6.08 Å². The van der Waals surface area contributed by atoms with Crippen molar-refractivity contribution in [2.75, 3.05) is 13.7 Å². The van der Waals surface area contributed by atoms with Crippen molar-refractivity contribution in [3.05, 3.63) is 59.4 Å². The van der Waals surface area contributed by atoms with Gasteiger partial charge in [-0.1, -0.05) is 0 Å². The molecule has 1 aliphatic heterocycles. The average Bonchev–Trinajstić information content (AvgIpc) is 2.57.